The highest BCUT2D eigenvalue weighted by molar-refractivity contribution is 6.31. The zero-order valence-corrected chi connectivity index (χ0v) is 15.6. The van der Waals surface area contributed by atoms with Gasteiger partial charge in [-0.05, 0) is 67.3 Å². The molecule has 1 fully saturated rings. The summed E-state index contributed by atoms with van der Waals surface area (Å²) in [4.78, 5) is 12.3. The molecule has 0 bridgehead atoms. The van der Waals surface area contributed by atoms with Gasteiger partial charge in [0.15, 0.2) is 0 Å². The molecule has 0 unspecified atom stereocenters. The van der Waals surface area contributed by atoms with Gasteiger partial charge in [-0.3, -0.25) is 0 Å². The molecular formula is C22H22ClNO2. The van der Waals surface area contributed by atoms with Crippen LogP contribution < -0.4 is 4.74 Å². The molecule has 0 radical (unpaired) electrons. The number of carbonyl (C=O) groups is 1. The number of nitrogens with zero attached hydrogens (tertiary/aromatic N) is 1. The lowest BCUT2D eigenvalue weighted by Gasteiger charge is -2.28. The molecule has 1 aliphatic rings. The predicted molar refractivity (Wildman–Crippen MR) is 103 cm³/mol. The van der Waals surface area contributed by atoms with E-state index in [9.17, 15) is 4.79 Å². The van der Waals surface area contributed by atoms with E-state index in [0.29, 0.717) is 22.8 Å². The molecule has 0 aliphatic heterocycles. The van der Waals surface area contributed by atoms with Crippen molar-refractivity contribution in [2.75, 3.05) is 0 Å². The minimum Gasteiger partial charge on any atom is -0.423 e. The Bertz CT molecular complexity index is 815. The SMILES string of the molecule is CCC1CCC(c2ccc(C(=O)Oc3ccc(C#N)c(Cl)c3)cc2)CC1. The van der Waals surface area contributed by atoms with E-state index in [2.05, 4.69) is 6.92 Å². The normalized spacial score (nSPS) is 19.6. The van der Waals surface area contributed by atoms with Gasteiger partial charge in [0.25, 0.3) is 0 Å². The van der Waals surface area contributed by atoms with E-state index in [0.717, 1.165) is 5.92 Å². The van der Waals surface area contributed by atoms with Crippen molar-refractivity contribution in [3.8, 4) is 11.8 Å². The number of hydrogen-bond acceptors (Lipinski definition) is 3. The summed E-state index contributed by atoms with van der Waals surface area (Å²) in [5.74, 6) is 1.38. The first-order chi connectivity index (χ1) is 12.6. The molecule has 0 spiro atoms. The molecule has 3 rings (SSSR count). The van der Waals surface area contributed by atoms with Crippen LogP contribution in [0.3, 0.4) is 0 Å². The number of esters is 1. The molecule has 0 aromatic heterocycles. The standard InChI is InChI=1S/C22H22ClNO2/c1-2-15-3-5-16(6-4-15)17-7-9-18(10-8-17)22(25)26-20-12-11-19(14-24)21(23)13-20/h7-13,15-16H,2-6H2,1H3. The fourth-order valence-corrected chi connectivity index (χ4v) is 3.82. The van der Waals surface area contributed by atoms with Gasteiger partial charge in [0.2, 0.25) is 0 Å². The van der Waals surface area contributed by atoms with E-state index in [-0.39, 0.29) is 5.02 Å². The molecule has 0 saturated heterocycles. The number of carbonyl (C=O) groups excluding carboxylic acids is 1. The number of nitriles is 1. The van der Waals surface area contributed by atoms with E-state index in [1.807, 2.05) is 30.3 Å². The minimum absolute atomic E-state index is 0.274. The predicted octanol–water partition coefficient (Wildman–Crippen LogP) is 6.11. The molecule has 2 aromatic carbocycles. The van der Waals surface area contributed by atoms with Crippen LogP contribution in [0.15, 0.2) is 42.5 Å². The summed E-state index contributed by atoms with van der Waals surface area (Å²) >= 11 is 5.97. The fraction of sp³-hybridized carbons (Fsp3) is 0.364. The summed E-state index contributed by atoms with van der Waals surface area (Å²) in [6, 6.07) is 14.3. The van der Waals surface area contributed by atoms with Gasteiger partial charge in [-0.2, -0.15) is 5.26 Å². The molecule has 4 heteroatoms. The maximum absolute atomic E-state index is 12.3. The van der Waals surface area contributed by atoms with Gasteiger partial charge >= 0.3 is 5.97 Å². The van der Waals surface area contributed by atoms with Gasteiger partial charge in [0.05, 0.1) is 16.1 Å². The molecule has 1 aliphatic carbocycles. The van der Waals surface area contributed by atoms with E-state index in [4.69, 9.17) is 21.6 Å². The van der Waals surface area contributed by atoms with Crippen LogP contribution in [0.25, 0.3) is 0 Å². The van der Waals surface area contributed by atoms with Crippen molar-refractivity contribution in [2.24, 2.45) is 5.92 Å². The molecule has 3 nitrogen and oxygen atoms in total. The number of ether oxygens (including phenoxy) is 1. The lowest BCUT2D eigenvalue weighted by molar-refractivity contribution is 0.0735. The van der Waals surface area contributed by atoms with Crippen molar-refractivity contribution >= 4 is 17.6 Å². The highest BCUT2D eigenvalue weighted by Crippen LogP contribution is 2.37. The van der Waals surface area contributed by atoms with Crippen molar-refractivity contribution in [3.05, 3.63) is 64.2 Å². The lowest BCUT2D eigenvalue weighted by Crippen LogP contribution is -2.13. The van der Waals surface area contributed by atoms with Crippen LogP contribution in [0, 0.1) is 17.2 Å². The summed E-state index contributed by atoms with van der Waals surface area (Å²) in [6.07, 6.45) is 6.32. The van der Waals surface area contributed by atoms with Crippen LogP contribution in [0.1, 0.15) is 66.4 Å². The summed E-state index contributed by atoms with van der Waals surface area (Å²) < 4.78 is 5.36. The first-order valence-electron chi connectivity index (χ1n) is 9.12. The Labute approximate surface area is 159 Å². The van der Waals surface area contributed by atoms with E-state index in [1.54, 1.807) is 12.1 Å². The largest absolute Gasteiger partial charge is 0.423 e. The maximum atomic E-state index is 12.3. The van der Waals surface area contributed by atoms with Crippen LogP contribution >= 0.6 is 11.6 Å². The molecule has 0 heterocycles. The number of benzene rings is 2. The first kappa shape index (κ1) is 18.5. The Hall–Kier alpha value is -2.31. The Morgan fingerprint density at radius 3 is 2.42 bits per heavy atom. The van der Waals surface area contributed by atoms with Gasteiger partial charge in [-0.25, -0.2) is 4.79 Å². The summed E-state index contributed by atoms with van der Waals surface area (Å²) in [6.45, 7) is 2.27. The molecule has 0 N–H and O–H groups in total. The van der Waals surface area contributed by atoms with Crippen LogP contribution in [-0.4, -0.2) is 5.97 Å². The van der Waals surface area contributed by atoms with Crippen LogP contribution in [0.5, 0.6) is 5.75 Å². The molecule has 1 saturated carbocycles. The monoisotopic (exact) mass is 367 g/mol. The van der Waals surface area contributed by atoms with Crippen molar-refractivity contribution in [1.82, 2.24) is 0 Å². The molecule has 0 amide bonds. The molecule has 134 valence electrons. The van der Waals surface area contributed by atoms with Crippen molar-refractivity contribution in [3.63, 3.8) is 0 Å². The van der Waals surface area contributed by atoms with E-state index < -0.39 is 5.97 Å². The maximum Gasteiger partial charge on any atom is 0.343 e. The third-order valence-corrected chi connectivity index (χ3v) is 5.63. The highest BCUT2D eigenvalue weighted by Gasteiger charge is 2.21. The molecule has 2 aromatic rings. The Kier molecular flexibility index (Phi) is 5.96. The fourth-order valence-electron chi connectivity index (χ4n) is 3.61. The molecular weight excluding hydrogens is 346 g/mol. The van der Waals surface area contributed by atoms with Gasteiger partial charge in [-0.15, -0.1) is 0 Å². The number of halogens is 1. The summed E-state index contributed by atoms with van der Waals surface area (Å²) in [5.41, 5.74) is 2.17. The Balaban J connectivity index is 1.64. The Morgan fingerprint density at radius 1 is 1.15 bits per heavy atom. The average molecular weight is 368 g/mol. The number of hydrogen-bond donors (Lipinski definition) is 0. The van der Waals surface area contributed by atoms with Crippen LogP contribution in [-0.2, 0) is 0 Å². The molecule has 26 heavy (non-hydrogen) atoms. The molecule has 0 atom stereocenters. The number of rotatable bonds is 4. The second kappa shape index (κ2) is 8.38. The van der Waals surface area contributed by atoms with Gasteiger partial charge in [0.1, 0.15) is 11.8 Å². The topological polar surface area (TPSA) is 50.1 Å². The highest BCUT2D eigenvalue weighted by atomic mass is 35.5. The van der Waals surface area contributed by atoms with Crippen molar-refractivity contribution in [2.45, 2.75) is 44.9 Å². The third-order valence-electron chi connectivity index (χ3n) is 5.31. The zero-order valence-electron chi connectivity index (χ0n) is 14.9. The van der Waals surface area contributed by atoms with Crippen molar-refractivity contribution in [1.29, 1.82) is 5.26 Å². The van der Waals surface area contributed by atoms with Crippen molar-refractivity contribution < 1.29 is 9.53 Å². The summed E-state index contributed by atoms with van der Waals surface area (Å²) in [5, 5.41) is 9.16. The van der Waals surface area contributed by atoms with Crippen LogP contribution in [0.2, 0.25) is 5.02 Å². The second-order valence-corrected chi connectivity index (χ2v) is 7.30. The van der Waals surface area contributed by atoms with Gasteiger partial charge in [0, 0.05) is 6.07 Å². The van der Waals surface area contributed by atoms with Gasteiger partial charge in [-0.1, -0.05) is 37.1 Å². The third kappa shape index (κ3) is 4.26. The lowest BCUT2D eigenvalue weighted by atomic mass is 9.78. The van der Waals surface area contributed by atoms with E-state index in [1.165, 1.54) is 43.7 Å². The first-order valence-corrected chi connectivity index (χ1v) is 9.50. The second-order valence-electron chi connectivity index (χ2n) is 6.89. The minimum atomic E-state index is -0.424. The smallest absolute Gasteiger partial charge is 0.343 e. The zero-order chi connectivity index (χ0) is 18.5. The quantitative estimate of drug-likeness (QED) is 0.483. The summed E-state index contributed by atoms with van der Waals surface area (Å²) in [7, 11) is 0. The Morgan fingerprint density at radius 2 is 1.85 bits per heavy atom. The van der Waals surface area contributed by atoms with E-state index >= 15 is 0 Å². The van der Waals surface area contributed by atoms with Crippen LogP contribution in [0.4, 0.5) is 0 Å². The average Bonchev–Trinajstić information content (AvgIpc) is 2.68. The van der Waals surface area contributed by atoms with Gasteiger partial charge < -0.3 is 4.74 Å².